The first-order chi connectivity index (χ1) is 10.4. The Labute approximate surface area is 133 Å². The van der Waals surface area contributed by atoms with Crippen LogP contribution in [0.1, 0.15) is 15.2 Å². The largest absolute Gasteiger partial charge is 0.321 e. The molecular formula is C14H16N2O4S2. The van der Waals surface area contributed by atoms with E-state index in [0.29, 0.717) is 10.6 Å². The number of hydrogen-bond donors (Lipinski definition) is 1. The average Bonchev–Trinajstić information content (AvgIpc) is 2.93. The van der Waals surface area contributed by atoms with Gasteiger partial charge >= 0.3 is 0 Å². The number of hydrogen-bond acceptors (Lipinski definition) is 5. The third-order valence-corrected chi connectivity index (χ3v) is 5.78. The second-order valence-electron chi connectivity index (χ2n) is 4.51. The third-order valence-electron chi connectivity index (χ3n) is 3.07. The lowest BCUT2D eigenvalue weighted by Gasteiger charge is -2.14. The van der Waals surface area contributed by atoms with Gasteiger partial charge in [0.1, 0.15) is 0 Å². The van der Waals surface area contributed by atoms with E-state index < -0.39 is 10.0 Å². The molecular weight excluding hydrogens is 324 g/mol. The van der Waals surface area contributed by atoms with Crippen molar-refractivity contribution in [3.63, 3.8) is 0 Å². The van der Waals surface area contributed by atoms with Gasteiger partial charge in [0, 0.05) is 12.7 Å². The maximum Gasteiger partial charge on any atom is 0.265 e. The SMILES string of the molecule is CON(C)S(=O)(=O)c1ccc(NC(=O)c2sccc2C)cc1. The summed E-state index contributed by atoms with van der Waals surface area (Å²) in [5, 5.41) is 4.59. The van der Waals surface area contributed by atoms with Gasteiger partial charge < -0.3 is 5.32 Å². The molecule has 1 heterocycles. The van der Waals surface area contributed by atoms with Crippen molar-refractivity contribution in [2.24, 2.45) is 0 Å². The van der Waals surface area contributed by atoms with Gasteiger partial charge in [-0.3, -0.25) is 9.63 Å². The molecule has 1 N–H and O–H groups in total. The fourth-order valence-electron chi connectivity index (χ4n) is 1.75. The topological polar surface area (TPSA) is 75.7 Å². The van der Waals surface area contributed by atoms with E-state index in [4.69, 9.17) is 4.84 Å². The van der Waals surface area contributed by atoms with Gasteiger partial charge in [-0.2, -0.15) is 0 Å². The van der Waals surface area contributed by atoms with E-state index in [0.717, 1.165) is 10.0 Å². The summed E-state index contributed by atoms with van der Waals surface area (Å²) in [6, 6.07) is 7.79. The molecule has 0 atom stereocenters. The van der Waals surface area contributed by atoms with Gasteiger partial charge in [0.2, 0.25) is 0 Å². The van der Waals surface area contributed by atoms with E-state index in [1.54, 1.807) is 0 Å². The minimum absolute atomic E-state index is 0.0853. The van der Waals surface area contributed by atoms with Crippen LogP contribution in [0.2, 0.25) is 0 Å². The zero-order chi connectivity index (χ0) is 16.3. The van der Waals surface area contributed by atoms with E-state index in [-0.39, 0.29) is 10.8 Å². The molecule has 0 unspecified atom stereocenters. The van der Waals surface area contributed by atoms with E-state index in [1.165, 1.54) is 49.8 Å². The van der Waals surface area contributed by atoms with E-state index in [9.17, 15) is 13.2 Å². The van der Waals surface area contributed by atoms with Crippen LogP contribution in [0.4, 0.5) is 5.69 Å². The van der Waals surface area contributed by atoms with Crippen LogP contribution >= 0.6 is 11.3 Å². The first-order valence-electron chi connectivity index (χ1n) is 6.35. The molecule has 2 rings (SSSR count). The summed E-state index contributed by atoms with van der Waals surface area (Å²) >= 11 is 1.36. The fraction of sp³-hybridized carbons (Fsp3) is 0.214. The monoisotopic (exact) mass is 340 g/mol. The predicted octanol–water partition coefficient (Wildman–Crippen LogP) is 2.49. The van der Waals surface area contributed by atoms with Crippen molar-refractivity contribution < 1.29 is 18.0 Å². The van der Waals surface area contributed by atoms with E-state index >= 15 is 0 Å². The van der Waals surface area contributed by atoms with Gasteiger partial charge in [-0.15, -0.1) is 11.3 Å². The van der Waals surface area contributed by atoms with E-state index in [1.807, 2.05) is 18.4 Å². The van der Waals surface area contributed by atoms with Crippen LogP contribution in [0.15, 0.2) is 40.6 Å². The van der Waals surface area contributed by atoms with Crippen LogP contribution < -0.4 is 5.32 Å². The number of carbonyl (C=O) groups is 1. The number of nitrogens with one attached hydrogen (secondary N) is 1. The van der Waals surface area contributed by atoms with Crippen LogP contribution in [0.25, 0.3) is 0 Å². The Balaban J connectivity index is 2.16. The molecule has 0 saturated carbocycles. The first kappa shape index (κ1) is 16.6. The summed E-state index contributed by atoms with van der Waals surface area (Å²) in [6.07, 6.45) is 0. The molecule has 0 fully saturated rings. The number of benzene rings is 1. The number of rotatable bonds is 5. The second-order valence-corrected chi connectivity index (χ2v) is 7.36. The summed E-state index contributed by atoms with van der Waals surface area (Å²) < 4.78 is 24.9. The number of thiophene rings is 1. The summed E-state index contributed by atoms with van der Waals surface area (Å²) in [6.45, 7) is 1.86. The lowest BCUT2D eigenvalue weighted by Crippen LogP contribution is -2.25. The third kappa shape index (κ3) is 3.36. The van der Waals surface area contributed by atoms with Crippen molar-refractivity contribution in [2.45, 2.75) is 11.8 Å². The molecule has 1 amide bonds. The predicted molar refractivity (Wildman–Crippen MR) is 85.4 cm³/mol. The van der Waals surface area contributed by atoms with Crippen LogP contribution in [0.3, 0.4) is 0 Å². The van der Waals surface area contributed by atoms with Gasteiger partial charge in [-0.05, 0) is 48.2 Å². The highest BCUT2D eigenvalue weighted by Crippen LogP contribution is 2.20. The first-order valence-corrected chi connectivity index (χ1v) is 8.67. The Hall–Kier alpha value is -1.74. The summed E-state index contributed by atoms with van der Waals surface area (Å²) in [5.41, 5.74) is 1.43. The molecule has 0 aliphatic rings. The summed E-state index contributed by atoms with van der Waals surface area (Å²) in [5.74, 6) is -0.211. The van der Waals surface area contributed by atoms with Crippen molar-refractivity contribution in [1.82, 2.24) is 4.47 Å². The van der Waals surface area contributed by atoms with Crippen molar-refractivity contribution in [2.75, 3.05) is 19.5 Å². The van der Waals surface area contributed by atoms with Crippen LogP contribution in [0.5, 0.6) is 0 Å². The number of nitrogens with zero attached hydrogens (tertiary/aromatic N) is 1. The molecule has 0 bridgehead atoms. The smallest absolute Gasteiger partial charge is 0.265 e. The van der Waals surface area contributed by atoms with Crippen molar-refractivity contribution in [3.05, 3.63) is 46.2 Å². The Bertz CT molecular complexity index is 766. The zero-order valence-corrected chi connectivity index (χ0v) is 14.0. The normalized spacial score (nSPS) is 11.6. The molecule has 0 aliphatic carbocycles. The van der Waals surface area contributed by atoms with Gasteiger partial charge in [-0.25, -0.2) is 8.42 Å². The van der Waals surface area contributed by atoms with Crippen LogP contribution in [-0.4, -0.2) is 33.0 Å². The molecule has 1 aromatic heterocycles. The highest BCUT2D eigenvalue weighted by atomic mass is 32.2. The minimum atomic E-state index is -3.68. The maximum atomic E-state index is 12.1. The highest BCUT2D eigenvalue weighted by molar-refractivity contribution is 7.89. The number of anilines is 1. The Kier molecular flexibility index (Phi) is 4.97. The van der Waals surface area contributed by atoms with Crippen LogP contribution in [0, 0.1) is 6.92 Å². The van der Waals surface area contributed by atoms with Gasteiger partial charge in [-0.1, -0.05) is 4.47 Å². The zero-order valence-electron chi connectivity index (χ0n) is 12.4. The maximum absolute atomic E-state index is 12.1. The molecule has 6 nitrogen and oxygen atoms in total. The number of carbonyl (C=O) groups excluding carboxylic acids is 1. The molecule has 1 aromatic carbocycles. The average molecular weight is 340 g/mol. The number of amides is 1. The quantitative estimate of drug-likeness (QED) is 0.849. The molecule has 0 aliphatic heterocycles. The Morgan fingerprint density at radius 3 is 2.36 bits per heavy atom. The van der Waals surface area contributed by atoms with Gasteiger partial charge in [0.05, 0.1) is 16.9 Å². The molecule has 0 radical (unpaired) electrons. The summed E-state index contributed by atoms with van der Waals surface area (Å²) in [7, 11) is -1.10. The lowest BCUT2D eigenvalue weighted by molar-refractivity contribution is -0.0258. The fourth-order valence-corrected chi connectivity index (χ4v) is 3.54. The van der Waals surface area contributed by atoms with Gasteiger partial charge in [0.25, 0.3) is 15.9 Å². The molecule has 0 saturated heterocycles. The standard InChI is InChI=1S/C14H16N2O4S2/c1-10-8-9-21-13(10)14(17)15-11-4-6-12(7-5-11)22(18,19)16(2)20-3/h4-9H,1-3H3,(H,15,17). The van der Waals surface area contributed by atoms with Crippen molar-refractivity contribution >= 4 is 33.0 Å². The number of sulfonamides is 1. The number of aryl methyl sites for hydroxylation is 1. The molecule has 0 spiro atoms. The molecule has 2 aromatic rings. The number of hydroxylamine groups is 1. The van der Waals surface area contributed by atoms with Crippen molar-refractivity contribution in [1.29, 1.82) is 0 Å². The Morgan fingerprint density at radius 1 is 1.23 bits per heavy atom. The Morgan fingerprint density at radius 2 is 1.86 bits per heavy atom. The minimum Gasteiger partial charge on any atom is -0.321 e. The second kappa shape index (κ2) is 6.57. The van der Waals surface area contributed by atoms with E-state index in [2.05, 4.69) is 5.32 Å². The molecule has 22 heavy (non-hydrogen) atoms. The lowest BCUT2D eigenvalue weighted by atomic mass is 10.2. The summed E-state index contributed by atoms with van der Waals surface area (Å²) in [4.78, 5) is 17.5. The molecule has 8 heteroatoms. The van der Waals surface area contributed by atoms with Crippen LogP contribution in [-0.2, 0) is 14.9 Å². The molecule has 118 valence electrons. The van der Waals surface area contributed by atoms with Gasteiger partial charge in [0.15, 0.2) is 0 Å². The highest BCUT2D eigenvalue weighted by Gasteiger charge is 2.20. The van der Waals surface area contributed by atoms with Crippen molar-refractivity contribution in [3.8, 4) is 0 Å².